The molecule has 0 unspecified atom stereocenters. The number of carbonyl (C=O) groups excluding carboxylic acids is 2. The first kappa shape index (κ1) is 18.5. The number of hydrogen-bond acceptors (Lipinski definition) is 4. The van der Waals surface area contributed by atoms with Gasteiger partial charge in [0.15, 0.2) is 0 Å². The van der Waals surface area contributed by atoms with Crippen molar-refractivity contribution in [2.45, 2.75) is 0 Å². The van der Waals surface area contributed by atoms with Gasteiger partial charge in [0.2, 0.25) is 11.6 Å². The van der Waals surface area contributed by atoms with E-state index in [1.165, 1.54) is 0 Å². The lowest BCUT2D eigenvalue weighted by atomic mass is 10.1. The minimum Gasteiger partial charge on any atom is -0.457 e. The van der Waals surface area contributed by atoms with Gasteiger partial charge in [-0.15, -0.1) is 12.8 Å². The SMILES string of the molecule is C#CC(=O)c1ccc(Oc2ccc(Oc3ccc(C(=O)C#C)cc3)cc2)cc1. The van der Waals surface area contributed by atoms with E-state index in [1.54, 1.807) is 72.8 Å². The van der Waals surface area contributed by atoms with E-state index in [0.29, 0.717) is 34.1 Å². The average molecular weight is 366 g/mol. The van der Waals surface area contributed by atoms with E-state index in [0.717, 1.165) is 0 Å². The second-order valence-electron chi connectivity index (χ2n) is 5.67. The Hall–Kier alpha value is -4.28. The number of ketones is 2. The van der Waals surface area contributed by atoms with Crippen LogP contribution in [0.1, 0.15) is 20.7 Å². The molecule has 4 heteroatoms. The van der Waals surface area contributed by atoms with Gasteiger partial charge in [0.05, 0.1) is 0 Å². The lowest BCUT2D eigenvalue weighted by molar-refractivity contribution is 0.104. The van der Waals surface area contributed by atoms with Crippen LogP contribution in [0, 0.1) is 24.7 Å². The molecule has 0 saturated heterocycles. The van der Waals surface area contributed by atoms with Crippen molar-refractivity contribution in [2.75, 3.05) is 0 Å². The van der Waals surface area contributed by atoms with E-state index >= 15 is 0 Å². The quantitative estimate of drug-likeness (QED) is 0.354. The molecular weight excluding hydrogens is 352 g/mol. The molecule has 0 atom stereocenters. The molecule has 3 aromatic carbocycles. The van der Waals surface area contributed by atoms with Crippen molar-refractivity contribution in [3.8, 4) is 47.7 Å². The summed E-state index contributed by atoms with van der Waals surface area (Å²) in [6.45, 7) is 0. The van der Waals surface area contributed by atoms with Crippen LogP contribution in [0.15, 0.2) is 72.8 Å². The number of ether oxygens (including phenoxy) is 2. The summed E-state index contributed by atoms with van der Waals surface area (Å²) >= 11 is 0. The third-order valence-corrected chi connectivity index (χ3v) is 3.79. The minimum absolute atomic E-state index is 0.371. The zero-order valence-corrected chi connectivity index (χ0v) is 14.7. The van der Waals surface area contributed by atoms with E-state index in [1.807, 2.05) is 0 Å². The molecule has 0 bridgehead atoms. The summed E-state index contributed by atoms with van der Waals surface area (Å²) in [5.74, 6) is 5.78. The highest BCUT2D eigenvalue weighted by atomic mass is 16.5. The minimum atomic E-state index is -0.371. The standard InChI is InChI=1S/C24H14O4/c1-3-23(25)17-5-9-19(10-6-17)27-21-13-15-22(16-14-21)28-20-11-7-18(8-12-20)24(26)4-2/h1-2,5-16H. The number of hydrogen-bond donors (Lipinski definition) is 0. The highest BCUT2D eigenvalue weighted by Gasteiger charge is 2.05. The molecule has 3 rings (SSSR count). The van der Waals surface area contributed by atoms with Gasteiger partial charge in [0, 0.05) is 11.1 Å². The van der Waals surface area contributed by atoms with E-state index in [-0.39, 0.29) is 11.6 Å². The second-order valence-corrected chi connectivity index (χ2v) is 5.67. The molecule has 0 N–H and O–H groups in total. The highest BCUT2D eigenvalue weighted by molar-refractivity contribution is 6.09. The third kappa shape index (κ3) is 4.46. The van der Waals surface area contributed by atoms with E-state index in [4.69, 9.17) is 22.3 Å². The van der Waals surface area contributed by atoms with Crippen LogP contribution in [0.3, 0.4) is 0 Å². The Balaban J connectivity index is 1.63. The van der Waals surface area contributed by atoms with Gasteiger partial charge in [-0.25, -0.2) is 0 Å². The Morgan fingerprint density at radius 2 is 0.786 bits per heavy atom. The van der Waals surface area contributed by atoms with Gasteiger partial charge in [-0.1, -0.05) is 0 Å². The summed E-state index contributed by atoms with van der Waals surface area (Å²) < 4.78 is 11.5. The zero-order chi connectivity index (χ0) is 19.9. The van der Waals surface area contributed by atoms with Crippen LogP contribution in [-0.4, -0.2) is 11.6 Å². The predicted octanol–water partition coefficient (Wildman–Crippen LogP) is 4.90. The summed E-state index contributed by atoms with van der Waals surface area (Å²) in [5, 5.41) is 0. The average Bonchev–Trinajstić information content (AvgIpc) is 2.75. The first-order valence-electron chi connectivity index (χ1n) is 8.27. The maximum atomic E-state index is 11.4. The fraction of sp³-hybridized carbons (Fsp3) is 0. The largest absolute Gasteiger partial charge is 0.457 e. The Labute approximate surface area is 162 Å². The monoisotopic (exact) mass is 366 g/mol. The molecule has 0 aromatic heterocycles. The second kappa shape index (κ2) is 8.40. The molecule has 0 fully saturated rings. The van der Waals surface area contributed by atoms with Crippen molar-refractivity contribution in [3.05, 3.63) is 83.9 Å². The summed E-state index contributed by atoms with van der Waals surface area (Å²) in [4.78, 5) is 22.8. The summed E-state index contributed by atoms with van der Waals surface area (Å²) in [6.07, 6.45) is 10.2. The van der Waals surface area contributed by atoms with Crippen molar-refractivity contribution in [1.29, 1.82) is 0 Å². The zero-order valence-electron chi connectivity index (χ0n) is 14.7. The molecule has 3 aromatic rings. The van der Waals surface area contributed by atoms with Crippen molar-refractivity contribution >= 4 is 11.6 Å². The molecule has 0 heterocycles. The van der Waals surface area contributed by atoms with Crippen LogP contribution in [0.4, 0.5) is 0 Å². The molecule has 4 nitrogen and oxygen atoms in total. The van der Waals surface area contributed by atoms with Crippen LogP contribution in [-0.2, 0) is 0 Å². The maximum Gasteiger partial charge on any atom is 0.235 e. The first-order chi connectivity index (χ1) is 13.6. The lowest BCUT2D eigenvalue weighted by Gasteiger charge is -2.09. The molecule has 0 aliphatic heterocycles. The fourth-order valence-electron chi connectivity index (χ4n) is 2.36. The van der Waals surface area contributed by atoms with Crippen LogP contribution in [0.2, 0.25) is 0 Å². The Morgan fingerprint density at radius 1 is 0.536 bits per heavy atom. The number of rotatable bonds is 6. The molecule has 0 aliphatic rings. The van der Waals surface area contributed by atoms with Crippen molar-refractivity contribution in [2.24, 2.45) is 0 Å². The van der Waals surface area contributed by atoms with Crippen molar-refractivity contribution in [1.82, 2.24) is 0 Å². The number of terminal acetylenes is 2. The normalized spacial score (nSPS) is 9.64. The molecule has 28 heavy (non-hydrogen) atoms. The first-order valence-corrected chi connectivity index (χ1v) is 8.27. The van der Waals surface area contributed by atoms with Crippen molar-refractivity contribution in [3.63, 3.8) is 0 Å². The van der Waals surface area contributed by atoms with Gasteiger partial charge < -0.3 is 9.47 Å². The fourth-order valence-corrected chi connectivity index (χ4v) is 2.36. The topological polar surface area (TPSA) is 52.6 Å². The van der Waals surface area contributed by atoms with Gasteiger partial charge in [-0.05, 0) is 84.6 Å². The Kier molecular flexibility index (Phi) is 5.55. The highest BCUT2D eigenvalue weighted by Crippen LogP contribution is 2.27. The summed E-state index contributed by atoms with van der Waals surface area (Å²) in [6, 6.07) is 20.2. The van der Waals surface area contributed by atoms with Gasteiger partial charge >= 0.3 is 0 Å². The maximum absolute atomic E-state index is 11.4. The molecule has 0 saturated carbocycles. The van der Waals surface area contributed by atoms with Crippen LogP contribution >= 0.6 is 0 Å². The van der Waals surface area contributed by atoms with Gasteiger partial charge in [-0.3, -0.25) is 9.59 Å². The number of Topliss-reactive ketones (excluding diaryl/α,β-unsaturated/α-hetero) is 2. The Morgan fingerprint density at radius 3 is 1.04 bits per heavy atom. The molecule has 0 aliphatic carbocycles. The number of carbonyl (C=O) groups is 2. The van der Waals surface area contributed by atoms with E-state index in [9.17, 15) is 9.59 Å². The predicted molar refractivity (Wildman–Crippen MR) is 106 cm³/mol. The van der Waals surface area contributed by atoms with E-state index < -0.39 is 0 Å². The van der Waals surface area contributed by atoms with E-state index in [2.05, 4.69) is 11.8 Å². The number of benzene rings is 3. The Bertz CT molecular complexity index is 987. The molecule has 0 radical (unpaired) electrons. The van der Waals surface area contributed by atoms with Crippen LogP contribution in [0.25, 0.3) is 0 Å². The smallest absolute Gasteiger partial charge is 0.235 e. The third-order valence-electron chi connectivity index (χ3n) is 3.79. The van der Waals surface area contributed by atoms with Crippen LogP contribution in [0.5, 0.6) is 23.0 Å². The van der Waals surface area contributed by atoms with Gasteiger partial charge in [-0.2, -0.15) is 0 Å². The van der Waals surface area contributed by atoms with Gasteiger partial charge in [0.25, 0.3) is 0 Å². The van der Waals surface area contributed by atoms with Crippen LogP contribution < -0.4 is 9.47 Å². The molecular formula is C24H14O4. The molecule has 0 amide bonds. The van der Waals surface area contributed by atoms with Crippen molar-refractivity contribution < 1.29 is 19.1 Å². The van der Waals surface area contributed by atoms with Gasteiger partial charge in [0.1, 0.15) is 23.0 Å². The molecule has 134 valence electrons. The summed E-state index contributed by atoms with van der Waals surface area (Å²) in [5.41, 5.74) is 0.877. The molecule has 0 spiro atoms. The summed E-state index contributed by atoms with van der Waals surface area (Å²) in [7, 11) is 0. The lowest BCUT2D eigenvalue weighted by Crippen LogP contribution is -1.94.